The van der Waals surface area contributed by atoms with Gasteiger partial charge in [0.1, 0.15) is 0 Å². The smallest absolute Gasteiger partial charge is 0.241 e. The van der Waals surface area contributed by atoms with Crippen LogP contribution in [0.5, 0.6) is 0 Å². The number of ether oxygens (including phenoxy) is 2. The average Bonchev–Trinajstić information content (AvgIpc) is 2.90. The van der Waals surface area contributed by atoms with Crippen LogP contribution < -0.4 is 10.0 Å². The molecule has 8 heteroatoms. The third-order valence-corrected chi connectivity index (χ3v) is 5.41. The van der Waals surface area contributed by atoms with Gasteiger partial charge >= 0.3 is 0 Å². The first kappa shape index (κ1) is 18.5. The molecule has 1 rings (SSSR count). The fraction of sp³-hybridized carbons (Fsp3) is 0.692. The van der Waals surface area contributed by atoms with Crippen molar-refractivity contribution in [3.63, 3.8) is 0 Å². The van der Waals surface area contributed by atoms with Gasteiger partial charge in [-0.3, -0.25) is 0 Å². The predicted octanol–water partition coefficient (Wildman–Crippen LogP) is 1.19. The minimum atomic E-state index is -3.53. The van der Waals surface area contributed by atoms with E-state index in [-0.39, 0.29) is 12.6 Å². The Morgan fingerprint density at radius 1 is 1.33 bits per heavy atom. The van der Waals surface area contributed by atoms with Crippen molar-refractivity contribution in [2.45, 2.75) is 37.4 Å². The number of hydrogen-bond donors (Lipinski definition) is 2. The summed E-state index contributed by atoms with van der Waals surface area (Å²) in [6.45, 7) is 5.10. The van der Waals surface area contributed by atoms with Crippen LogP contribution in [0.1, 0.15) is 18.7 Å². The van der Waals surface area contributed by atoms with Crippen LogP contribution in [0.4, 0.5) is 0 Å². The van der Waals surface area contributed by atoms with Gasteiger partial charge in [-0.2, -0.15) is 0 Å². The minimum absolute atomic E-state index is 0.180. The fourth-order valence-electron chi connectivity index (χ4n) is 1.67. The molecule has 0 bridgehead atoms. The maximum Gasteiger partial charge on any atom is 0.241 e. The van der Waals surface area contributed by atoms with E-state index in [1.165, 1.54) is 18.4 Å². The van der Waals surface area contributed by atoms with Gasteiger partial charge in [-0.1, -0.05) is 13.8 Å². The van der Waals surface area contributed by atoms with E-state index < -0.39 is 10.0 Å². The van der Waals surface area contributed by atoms with Crippen LogP contribution in [0.3, 0.4) is 0 Å². The summed E-state index contributed by atoms with van der Waals surface area (Å²) in [7, 11) is -0.455. The van der Waals surface area contributed by atoms with Gasteiger partial charge in [-0.25, -0.2) is 13.1 Å². The summed E-state index contributed by atoms with van der Waals surface area (Å²) in [5, 5.41) is 5.02. The molecule has 1 aromatic rings. The van der Waals surface area contributed by atoms with Gasteiger partial charge < -0.3 is 14.8 Å². The second kappa shape index (κ2) is 8.82. The molecule has 122 valence electrons. The van der Waals surface area contributed by atoms with Crippen LogP contribution in [0.15, 0.2) is 16.3 Å². The van der Waals surface area contributed by atoms with Crippen molar-refractivity contribution in [3.8, 4) is 0 Å². The number of hydrogen-bond acceptors (Lipinski definition) is 6. The molecule has 1 heterocycles. The van der Waals surface area contributed by atoms with Crippen LogP contribution in [-0.4, -0.2) is 47.9 Å². The zero-order chi connectivity index (χ0) is 15.9. The van der Waals surface area contributed by atoms with Gasteiger partial charge in [0, 0.05) is 38.2 Å². The van der Waals surface area contributed by atoms with E-state index in [4.69, 9.17) is 9.47 Å². The summed E-state index contributed by atoms with van der Waals surface area (Å²) >= 11 is 1.43. The highest BCUT2D eigenvalue weighted by molar-refractivity contribution is 7.89. The summed E-state index contributed by atoms with van der Waals surface area (Å²) in [5.41, 5.74) is 0. The van der Waals surface area contributed by atoms with E-state index in [0.717, 1.165) is 4.88 Å². The largest absolute Gasteiger partial charge is 0.382 e. The molecule has 1 unspecified atom stereocenters. The lowest BCUT2D eigenvalue weighted by Gasteiger charge is -2.15. The third kappa shape index (κ3) is 6.01. The zero-order valence-electron chi connectivity index (χ0n) is 12.9. The second-order valence-electron chi connectivity index (χ2n) is 4.91. The van der Waals surface area contributed by atoms with Crippen LogP contribution in [0, 0.1) is 0 Å². The monoisotopic (exact) mass is 336 g/mol. The Kier molecular flexibility index (Phi) is 7.78. The normalized spacial score (nSPS) is 13.8. The van der Waals surface area contributed by atoms with Crippen LogP contribution in [0.2, 0.25) is 0 Å². The Morgan fingerprint density at radius 3 is 2.62 bits per heavy atom. The molecule has 0 aliphatic carbocycles. The molecule has 0 aromatic carbocycles. The van der Waals surface area contributed by atoms with E-state index in [2.05, 4.69) is 10.0 Å². The molecule has 0 saturated heterocycles. The van der Waals surface area contributed by atoms with Crippen molar-refractivity contribution in [1.82, 2.24) is 10.0 Å². The fourth-order valence-corrected chi connectivity index (χ4v) is 4.13. The van der Waals surface area contributed by atoms with E-state index >= 15 is 0 Å². The second-order valence-corrected chi connectivity index (χ2v) is 7.64. The molecule has 21 heavy (non-hydrogen) atoms. The summed E-state index contributed by atoms with van der Waals surface area (Å²) in [4.78, 5) is 1.13. The Labute approximate surface area is 130 Å². The molecular formula is C13H24N2O4S2. The molecule has 0 radical (unpaired) electrons. The Hall–Kier alpha value is -0.510. The first-order valence-electron chi connectivity index (χ1n) is 6.71. The van der Waals surface area contributed by atoms with Gasteiger partial charge in [0.25, 0.3) is 0 Å². The standard InChI is InChI=1S/C13H24N2O4S2/c1-10(2)14-8-12-13(5-6-20-12)21(16,17)15-7-11(19-4)9-18-3/h5-6,10-11,14-15H,7-9H2,1-4H3. The Morgan fingerprint density at radius 2 is 2.05 bits per heavy atom. The summed E-state index contributed by atoms with van der Waals surface area (Å²) in [6, 6.07) is 1.93. The first-order chi connectivity index (χ1) is 9.90. The first-order valence-corrected chi connectivity index (χ1v) is 9.08. The molecular weight excluding hydrogens is 312 g/mol. The number of nitrogens with one attached hydrogen (secondary N) is 2. The van der Waals surface area contributed by atoms with Crippen LogP contribution in [-0.2, 0) is 26.0 Å². The van der Waals surface area contributed by atoms with Gasteiger partial charge in [0.15, 0.2) is 0 Å². The van der Waals surface area contributed by atoms with Gasteiger partial charge in [0.2, 0.25) is 10.0 Å². The molecule has 2 N–H and O–H groups in total. The van der Waals surface area contributed by atoms with Crippen molar-refractivity contribution in [3.05, 3.63) is 16.3 Å². The van der Waals surface area contributed by atoms with Gasteiger partial charge in [-0.15, -0.1) is 11.3 Å². The summed E-state index contributed by atoms with van der Waals surface area (Å²) < 4.78 is 37.4. The number of sulfonamides is 1. The molecule has 6 nitrogen and oxygen atoms in total. The van der Waals surface area contributed by atoms with Crippen LogP contribution >= 0.6 is 11.3 Å². The van der Waals surface area contributed by atoms with E-state index in [1.54, 1.807) is 18.6 Å². The molecule has 0 spiro atoms. The Bertz CT molecular complexity index is 514. The lowest BCUT2D eigenvalue weighted by molar-refractivity contribution is 0.0320. The quantitative estimate of drug-likeness (QED) is 0.671. The van der Waals surface area contributed by atoms with Crippen molar-refractivity contribution in [1.29, 1.82) is 0 Å². The highest BCUT2D eigenvalue weighted by Crippen LogP contribution is 2.21. The topological polar surface area (TPSA) is 76.7 Å². The Balaban J connectivity index is 2.72. The number of rotatable bonds is 10. The minimum Gasteiger partial charge on any atom is -0.382 e. The predicted molar refractivity (Wildman–Crippen MR) is 84.2 cm³/mol. The lowest BCUT2D eigenvalue weighted by Crippen LogP contribution is -2.36. The van der Waals surface area contributed by atoms with Crippen molar-refractivity contribution in [2.24, 2.45) is 0 Å². The van der Waals surface area contributed by atoms with Crippen molar-refractivity contribution < 1.29 is 17.9 Å². The SMILES string of the molecule is COCC(CNS(=O)(=O)c1ccsc1CNC(C)C)OC. The number of methoxy groups -OCH3 is 2. The average molecular weight is 336 g/mol. The van der Waals surface area contributed by atoms with Crippen molar-refractivity contribution in [2.75, 3.05) is 27.4 Å². The summed E-state index contributed by atoms with van der Waals surface area (Å²) in [5.74, 6) is 0. The van der Waals surface area contributed by atoms with E-state index in [1.807, 2.05) is 13.8 Å². The van der Waals surface area contributed by atoms with Gasteiger partial charge in [-0.05, 0) is 11.4 Å². The van der Waals surface area contributed by atoms with Crippen LogP contribution in [0.25, 0.3) is 0 Å². The molecule has 0 fully saturated rings. The maximum atomic E-state index is 12.4. The molecule has 1 aromatic heterocycles. The zero-order valence-corrected chi connectivity index (χ0v) is 14.5. The summed E-state index contributed by atoms with van der Waals surface area (Å²) in [6.07, 6.45) is -0.305. The molecule has 0 aliphatic rings. The highest BCUT2D eigenvalue weighted by Gasteiger charge is 2.21. The van der Waals surface area contributed by atoms with E-state index in [9.17, 15) is 8.42 Å². The molecule has 0 amide bonds. The molecule has 0 aliphatic heterocycles. The third-order valence-electron chi connectivity index (χ3n) is 2.85. The maximum absolute atomic E-state index is 12.4. The number of thiophene rings is 1. The highest BCUT2D eigenvalue weighted by atomic mass is 32.2. The van der Waals surface area contributed by atoms with Crippen molar-refractivity contribution >= 4 is 21.4 Å². The van der Waals surface area contributed by atoms with Gasteiger partial charge in [0.05, 0.1) is 17.6 Å². The lowest BCUT2D eigenvalue weighted by atomic mass is 10.4. The molecule has 0 saturated carbocycles. The van der Waals surface area contributed by atoms with E-state index in [0.29, 0.717) is 24.1 Å². The molecule has 1 atom stereocenters.